The summed E-state index contributed by atoms with van der Waals surface area (Å²) in [5.41, 5.74) is 2.16. The molecule has 0 N–H and O–H groups in total. The lowest BCUT2D eigenvalue weighted by Crippen LogP contribution is -2.42. The summed E-state index contributed by atoms with van der Waals surface area (Å²) in [6, 6.07) is 15.7. The van der Waals surface area contributed by atoms with Gasteiger partial charge in [-0.3, -0.25) is 0 Å². The molecule has 0 aliphatic heterocycles. The third-order valence-corrected chi connectivity index (χ3v) is 6.74. The number of hydrogen-bond donors (Lipinski definition) is 0. The smallest absolute Gasteiger partial charge is 0.0451 e. The van der Waals surface area contributed by atoms with Crippen molar-refractivity contribution in [1.82, 2.24) is 8.84 Å². The summed E-state index contributed by atoms with van der Waals surface area (Å²) in [5, 5.41) is 1.51. The Bertz CT molecular complexity index is 709. The van der Waals surface area contributed by atoms with E-state index in [0.717, 1.165) is 47.1 Å². The molecule has 1 saturated carbocycles. The maximum absolute atomic E-state index is 6.67. The molecule has 0 aromatic heterocycles. The second-order valence-electron chi connectivity index (χ2n) is 7.80. The lowest BCUT2D eigenvalue weighted by Gasteiger charge is -2.41. The van der Waals surface area contributed by atoms with Crippen LogP contribution in [0.25, 0.3) is 0 Å². The van der Waals surface area contributed by atoms with Crippen LogP contribution in [0.3, 0.4) is 0 Å². The molecule has 0 atom stereocenters. The van der Waals surface area contributed by atoms with Gasteiger partial charge in [-0.1, -0.05) is 78.9 Å². The molecule has 2 nitrogen and oxygen atoms in total. The molecule has 1 aliphatic rings. The molecule has 0 heterocycles. The minimum absolute atomic E-state index is 0. The van der Waals surface area contributed by atoms with Gasteiger partial charge in [0.15, 0.2) is 0 Å². The molecule has 0 amide bonds. The predicted molar refractivity (Wildman–Crippen MR) is 135 cm³/mol. The second kappa shape index (κ2) is 13.6. The van der Waals surface area contributed by atoms with Crippen molar-refractivity contribution in [1.29, 1.82) is 0 Å². The van der Waals surface area contributed by atoms with E-state index >= 15 is 0 Å². The van der Waals surface area contributed by atoms with Crippen LogP contribution in [0.2, 0.25) is 10.0 Å². The molecule has 8 heteroatoms. The van der Waals surface area contributed by atoms with Crippen LogP contribution in [0.4, 0.5) is 0 Å². The molecule has 0 radical (unpaired) electrons. The first-order chi connectivity index (χ1) is 13.5. The van der Waals surface area contributed by atoms with E-state index in [4.69, 9.17) is 46.8 Å². The average molecular weight is 533 g/mol. The third-order valence-electron chi connectivity index (χ3n) is 5.53. The van der Waals surface area contributed by atoms with Gasteiger partial charge in [-0.05, 0) is 65.1 Å². The third kappa shape index (κ3) is 8.22. The molecule has 30 heavy (non-hydrogen) atoms. The van der Waals surface area contributed by atoms with Crippen LogP contribution >= 0.6 is 71.6 Å². The summed E-state index contributed by atoms with van der Waals surface area (Å²) in [6.07, 6.45) is 5.97. The van der Waals surface area contributed by atoms with Crippen molar-refractivity contribution < 1.29 is 0 Å². The first-order valence-electron chi connectivity index (χ1n) is 9.76. The number of nitrogens with zero attached hydrogens (tertiary/aromatic N) is 2. The van der Waals surface area contributed by atoms with Gasteiger partial charge in [0.05, 0.1) is 0 Å². The van der Waals surface area contributed by atoms with Crippen LogP contribution in [0, 0.1) is 5.41 Å². The molecule has 1 fully saturated rings. The highest BCUT2D eigenvalue weighted by molar-refractivity contribution is 6.31. The van der Waals surface area contributed by atoms with Crippen molar-refractivity contribution in [2.24, 2.45) is 5.41 Å². The van der Waals surface area contributed by atoms with Crippen molar-refractivity contribution in [2.45, 2.75) is 45.2 Å². The highest BCUT2D eigenvalue weighted by Gasteiger charge is 2.35. The van der Waals surface area contributed by atoms with Crippen molar-refractivity contribution in [3.63, 3.8) is 0 Å². The van der Waals surface area contributed by atoms with Gasteiger partial charge in [0, 0.05) is 36.2 Å². The van der Waals surface area contributed by atoms with Crippen LogP contribution < -0.4 is 0 Å². The number of benzene rings is 2. The van der Waals surface area contributed by atoms with Gasteiger partial charge in [0.2, 0.25) is 0 Å². The predicted octanol–water partition coefficient (Wildman–Crippen LogP) is 8.40. The number of rotatable bonds is 8. The standard InChI is InChI=1S/C22H26Cl4N2.2ClH/c23-20-10-4-2-8-18(20)14-27(25)16-22(12-6-1-7-13-22)17-28(26)15-19-9-3-5-11-21(19)24;;/h2-5,8-11H,1,6-7,12-17H2;2*1H. The van der Waals surface area contributed by atoms with Gasteiger partial charge >= 0.3 is 0 Å². The van der Waals surface area contributed by atoms with E-state index in [9.17, 15) is 0 Å². The summed E-state index contributed by atoms with van der Waals surface area (Å²) in [5.74, 6) is 0. The molecule has 168 valence electrons. The van der Waals surface area contributed by atoms with E-state index in [1.165, 1.54) is 19.3 Å². The van der Waals surface area contributed by atoms with Crippen molar-refractivity contribution in [3.8, 4) is 0 Å². The van der Waals surface area contributed by atoms with Gasteiger partial charge in [-0.15, -0.1) is 24.8 Å². The Kier molecular flexibility index (Phi) is 12.8. The molecule has 0 spiro atoms. The molecule has 1 aliphatic carbocycles. The topological polar surface area (TPSA) is 6.48 Å². The van der Waals surface area contributed by atoms with Gasteiger partial charge in [-0.2, -0.15) is 0 Å². The Morgan fingerprint density at radius 1 is 0.667 bits per heavy atom. The summed E-state index contributed by atoms with van der Waals surface area (Å²) in [7, 11) is 0. The molecular weight excluding hydrogens is 505 g/mol. The van der Waals surface area contributed by atoms with E-state index in [0.29, 0.717) is 13.1 Å². The molecule has 2 aromatic carbocycles. The summed E-state index contributed by atoms with van der Waals surface area (Å²) in [4.78, 5) is 0. The Morgan fingerprint density at radius 3 is 1.47 bits per heavy atom. The number of halogens is 6. The quantitative estimate of drug-likeness (QED) is 0.315. The SMILES string of the molecule is Cl.Cl.Clc1ccccc1CN(Cl)CC1(CN(Cl)Cc2ccccc2Cl)CCCCC1. The minimum Gasteiger partial charge on any atom is -0.215 e. The summed E-state index contributed by atoms with van der Waals surface area (Å²) >= 11 is 26.0. The van der Waals surface area contributed by atoms with Crippen molar-refractivity contribution >= 4 is 71.6 Å². The molecule has 0 unspecified atom stereocenters. The Labute approximate surface area is 212 Å². The van der Waals surface area contributed by atoms with Gasteiger partial charge in [0.25, 0.3) is 0 Å². The zero-order chi connectivity index (χ0) is 20.0. The van der Waals surface area contributed by atoms with Crippen LogP contribution in [0.1, 0.15) is 43.2 Å². The van der Waals surface area contributed by atoms with Crippen molar-refractivity contribution in [2.75, 3.05) is 13.1 Å². The molecule has 0 saturated heterocycles. The second-order valence-corrected chi connectivity index (χ2v) is 9.57. The van der Waals surface area contributed by atoms with E-state index in [1.54, 1.807) is 0 Å². The fourth-order valence-electron chi connectivity index (χ4n) is 4.13. The Hall–Kier alpha value is 0.1000. The van der Waals surface area contributed by atoms with Gasteiger partial charge in [-0.25, -0.2) is 8.84 Å². The normalized spacial score (nSPS) is 15.5. The maximum Gasteiger partial charge on any atom is 0.0451 e. The fourth-order valence-corrected chi connectivity index (χ4v) is 5.29. The molecule has 0 bridgehead atoms. The molecule has 3 rings (SSSR count). The lowest BCUT2D eigenvalue weighted by molar-refractivity contribution is 0.113. The van der Waals surface area contributed by atoms with Crippen LogP contribution in [-0.2, 0) is 13.1 Å². The zero-order valence-corrected chi connectivity index (χ0v) is 21.4. The minimum atomic E-state index is 0. The number of hydrogen-bond acceptors (Lipinski definition) is 2. The molecule has 2 aromatic rings. The van der Waals surface area contributed by atoms with Crippen LogP contribution in [0.5, 0.6) is 0 Å². The van der Waals surface area contributed by atoms with Crippen molar-refractivity contribution in [3.05, 3.63) is 69.7 Å². The first kappa shape index (κ1) is 28.1. The fraction of sp³-hybridized carbons (Fsp3) is 0.455. The average Bonchev–Trinajstić information content (AvgIpc) is 2.66. The van der Waals surface area contributed by atoms with E-state index < -0.39 is 0 Å². The monoisotopic (exact) mass is 530 g/mol. The summed E-state index contributed by atoms with van der Waals surface area (Å²) < 4.78 is 3.74. The summed E-state index contributed by atoms with van der Waals surface area (Å²) in [6.45, 7) is 2.81. The Morgan fingerprint density at radius 2 is 1.07 bits per heavy atom. The van der Waals surface area contributed by atoms with Gasteiger partial charge in [0.1, 0.15) is 0 Å². The van der Waals surface area contributed by atoms with E-state index in [1.807, 2.05) is 57.4 Å². The van der Waals surface area contributed by atoms with E-state index in [-0.39, 0.29) is 30.2 Å². The highest BCUT2D eigenvalue weighted by Crippen LogP contribution is 2.39. The Balaban J connectivity index is 0.00000225. The largest absolute Gasteiger partial charge is 0.215 e. The maximum atomic E-state index is 6.67. The lowest BCUT2D eigenvalue weighted by atomic mass is 9.73. The van der Waals surface area contributed by atoms with E-state index in [2.05, 4.69) is 0 Å². The first-order valence-corrected chi connectivity index (χ1v) is 11.2. The molecular formula is C22H28Cl6N2. The zero-order valence-electron chi connectivity index (χ0n) is 16.7. The van der Waals surface area contributed by atoms with Crippen LogP contribution in [0.15, 0.2) is 48.5 Å². The van der Waals surface area contributed by atoms with Gasteiger partial charge < -0.3 is 0 Å². The van der Waals surface area contributed by atoms with Crippen LogP contribution in [-0.4, -0.2) is 21.9 Å². The highest BCUT2D eigenvalue weighted by atomic mass is 35.5.